The lowest BCUT2D eigenvalue weighted by Gasteiger charge is -2.10. The second-order valence-electron chi connectivity index (χ2n) is 4.50. The van der Waals surface area contributed by atoms with Crippen molar-refractivity contribution in [1.82, 2.24) is 9.78 Å². The van der Waals surface area contributed by atoms with Crippen molar-refractivity contribution < 1.29 is 0 Å². The fourth-order valence-corrected chi connectivity index (χ4v) is 1.98. The molecule has 0 amide bonds. The third-order valence-corrected chi connectivity index (χ3v) is 3.24. The molecule has 5 nitrogen and oxygen atoms in total. The molecule has 0 radical (unpaired) electrons. The van der Waals surface area contributed by atoms with E-state index in [4.69, 9.17) is 17.3 Å². The molecule has 0 aliphatic carbocycles. The Bertz CT molecular complexity index is 654. The highest BCUT2D eigenvalue weighted by Crippen LogP contribution is 2.22. The molecule has 2 aromatic rings. The third-order valence-electron chi connectivity index (χ3n) is 2.87. The third kappa shape index (κ3) is 3.30. The number of nitrogens with two attached hydrogens (primary N) is 1. The van der Waals surface area contributed by atoms with Gasteiger partial charge in [0.15, 0.2) is 0 Å². The highest BCUT2D eigenvalue weighted by molar-refractivity contribution is 6.33. The minimum atomic E-state index is -0.283. The van der Waals surface area contributed by atoms with Crippen molar-refractivity contribution in [3.05, 3.63) is 45.8 Å². The molecule has 0 fully saturated rings. The van der Waals surface area contributed by atoms with Gasteiger partial charge in [0.05, 0.1) is 11.9 Å². The summed E-state index contributed by atoms with van der Waals surface area (Å²) in [4.78, 5) is 12.1. The van der Waals surface area contributed by atoms with Crippen LogP contribution in [-0.2, 0) is 6.54 Å². The van der Waals surface area contributed by atoms with Crippen molar-refractivity contribution in [1.29, 1.82) is 0 Å². The number of nitrogens with zero attached hydrogens (tertiary/aromatic N) is 2. The first kappa shape index (κ1) is 14.4. The Morgan fingerprint density at radius 2 is 2.25 bits per heavy atom. The van der Waals surface area contributed by atoms with Crippen LogP contribution in [0.5, 0.6) is 0 Å². The molecule has 1 aromatic heterocycles. The van der Waals surface area contributed by atoms with Crippen LogP contribution < -0.4 is 16.6 Å². The summed E-state index contributed by atoms with van der Waals surface area (Å²) in [6.45, 7) is 2.63. The first-order valence-corrected chi connectivity index (χ1v) is 6.87. The van der Waals surface area contributed by atoms with Gasteiger partial charge < -0.3 is 11.1 Å². The summed E-state index contributed by atoms with van der Waals surface area (Å²) in [5.41, 5.74) is 7.30. The van der Waals surface area contributed by atoms with E-state index in [9.17, 15) is 4.79 Å². The van der Waals surface area contributed by atoms with Crippen LogP contribution in [0.25, 0.3) is 0 Å². The molecule has 0 unspecified atom stereocenters. The minimum absolute atomic E-state index is 0.138. The normalized spacial score (nSPS) is 10.5. The Kier molecular flexibility index (Phi) is 4.63. The molecular formula is C14H17ClN4O. The number of anilines is 3. The van der Waals surface area contributed by atoms with Gasteiger partial charge >= 0.3 is 0 Å². The molecule has 0 spiro atoms. The van der Waals surface area contributed by atoms with Gasteiger partial charge in [0.1, 0.15) is 5.02 Å². The molecular weight excluding hydrogens is 276 g/mol. The first-order valence-electron chi connectivity index (χ1n) is 6.50. The molecule has 0 saturated heterocycles. The second kappa shape index (κ2) is 6.43. The molecule has 0 bridgehead atoms. The van der Waals surface area contributed by atoms with Crippen molar-refractivity contribution in [2.24, 2.45) is 0 Å². The molecule has 0 aliphatic rings. The van der Waals surface area contributed by atoms with Crippen LogP contribution in [0.2, 0.25) is 5.02 Å². The second-order valence-corrected chi connectivity index (χ2v) is 4.88. The maximum absolute atomic E-state index is 12.1. The van der Waals surface area contributed by atoms with Crippen LogP contribution in [0, 0.1) is 0 Å². The lowest BCUT2D eigenvalue weighted by molar-refractivity contribution is 0.543. The van der Waals surface area contributed by atoms with Gasteiger partial charge in [-0.15, -0.1) is 0 Å². The SMILES string of the molecule is CCCCn1ncc(Nc2cccc(N)c2)c(Cl)c1=O. The zero-order chi connectivity index (χ0) is 14.5. The largest absolute Gasteiger partial charge is 0.399 e. The van der Waals surface area contributed by atoms with Gasteiger partial charge in [-0.1, -0.05) is 31.0 Å². The molecule has 3 N–H and O–H groups in total. The number of hydrogen-bond acceptors (Lipinski definition) is 4. The molecule has 6 heteroatoms. The van der Waals surface area contributed by atoms with Crippen LogP contribution >= 0.6 is 11.6 Å². The quantitative estimate of drug-likeness (QED) is 0.831. The predicted octanol–water partition coefficient (Wildman–Crippen LogP) is 3.02. The number of nitrogens with one attached hydrogen (secondary N) is 1. The number of hydrogen-bond donors (Lipinski definition) is 2. The van der Waals surface area contributed by atoms with E-state index in [-0.39, 0.29) is 10.6 Å². The molecule has 106 valence electrons. The minimum Gasteiger partial charge on any atom is -0.399 e. The molecule has 2 rings (SSSR count). The van der Waals surface area contributed by atoms with Crippen LogP contribution in [0.15, 0.2) is 35.3 Å². The maximum Gasteiger partial charge on any atom is 0.287 e. The predicted molar refractivity (Wildman–Crippen MR) is 82.6 cm³/mol. The van der Waals surface area contributed by atoms with Gasteiger partial charge in [-0.25, -0.2) is 4.68 Å². The zero-order valence-corrected chi connectivity index (χ0v) is 12.0. The van der Waals surface area contributed by atoms with E-state index < -0.39 is 0 Å². The number of unbranched alkanes of at least 4 members (excludes halogenated alkanes) is 1. The van der Waals surface area contributed by atoms with Crippen molar-refractivity contribution in [3.63, 3.8) is 0 Å². The maximum atomic E-state index is 12.1. The molecule has 20 heavy (non-hydrogen) atoms. The lowest BCUT2D eigenvalue weighted by atomic mass is 10.3. The Morgan fingerprint density at radius 3 is 2.95 bits per heavy atom. The summed E-state index contributed by atoms with van der Waals surface area (Å²) < 4.78 is 1.39. The van der Waals surface area contributed by atoms with Crippen molar-refractivity contribution in [3.8, 4) is 0 Å². The smallest absolute Gasteiger partial charge is 0.287 e. The lowest BCUT2D eigenvalue weighted by Crippen LogP contribution is -2.24. The first-order chi connectivity index (χ1) is 9.61. The van der Waals surface area contributed by atoms with Crippen LogP contribution in [-0.4, -0.2) is 9.78 Å². The Morgan fingerprint density at radius 1 is 1.45 bits per heavy atom. The van der Waals surface area contributed by atoms with E-state index in [2.05, 4.69) is 17.3 Å². The standard InChI is InChI=1S/C14H17ClN4O/c1-2-3-7-19-14(20)13(15)12(9-17-19)18-11-6-4-5-10(16)8-11/h4-6,8-9,18H,2-3,7,16H2,1H3. The van der Waals surface area contributed by atoms with Gasteiger partial charge in [-0.3, -0.25) is 4.79 Å². The van der Waals surface area contributed by atoms with Crippen LogP contribution in [0.4, 0.5) is 17.1 Å². The fraction of sp³-hybridized carbons (Fsp3) is 0.286. The highest BCUT2D eigenvalue weighted by atomic mass is 35.5. The van der Waals surface area contributed by atoms with Crippen LogP contribution in [0.1, 0.15) is 19.8 Å². The Hall–Kier alpha value is -2.01. The number of nitrogen functional groups attached to an aromatic ring is 1. The molecule has 1 aromatic carbocycles. The van der Waals surface area contributed by atoms with E-state index in [1.165, 1.54) is 4.68 Å². The van der Waals surface area contributed by atoms with Gasteiger partial charge in [-0.2, -0.15) is 5.10 Å². The van der Waals surface area contributed by atoms with E-state index in [0.717, 1.165) is 18.5 Å². The topological polar surface area (TPSA) is 72.9 Å². The van der Waals surface area contributed by atoms with Crippen LogP contribution in [0.3, 0.4) is 0 Å². The summed E-state index contributed by atoms with van der Waals surface area (Å²) in [5.74, 6) is 0. The van der Waals surface area contributed by atoms with E-state index in [1.54, 1.807) is 18.3 Å². The zero-order valence-electron chi connectivity index (χ0n) is 11.3. The number of aromatic nitrogens is 2. The number of benzene rings is 1. The van der Waals surface area contributed by atoms with E-state index in [1.807, 2.05) is 12.1 Å². The van der Waals surface area contributed by atoms with Crippen molar-refractivity contribution in [2.45, 2.75) is 26.3 Å². The summed E-state index contributed by atoms with van der Waals surface area (Å²) in [7, 11) is 0. The average molecular weight is 293 g/mol. The summed E-state index contributed by atoms with van der Waals surface area (Å²) in [6.07, 6.45) is 3.45. The molecule has 0 saturated carbocycles. The monoisotopic (exact) mass is 292 g/mol. The summed E-state index contributed by atoms with van der Waals surface area (Å²) in [6, 6.07) is 7.21. The van der Waals surface area contributed by atoms with Gasteiger partial charge in [0, 0.05) is 17.9 Å². The van der Waals surface area contributed by atoms with Gasteiger partial charge in [0.25, 0.3) is 5.56 Å². The van der Waals surface area contributed by atoms with Crippen molar-refractivity contribution in [2.75, 3.05) is 11.1 Å². The highest BCUT2D eigenvalue weighted by Gasteiger charge is 2.09. The van der Waals surface area contributed by atoms with E-state index in [0.29, 0.717) is 17.9 Å². The summed E-state index contributed by atoms with van der Waals surface area (Å²) in [5, 5.41) is 7.31. The summed E-state index contributed by atoms with van der Waals surface area (Å²) >= 11 is 6.10. The van der Waals surface area contributed by atoms with E-state index >= 15 is 0 Å². The Balaban J connectivity index is 2.25. The number of halogens is 1. The molecule has 0 atom stereocenters. The molecule has 1 heterocycles. The average Bonchev–Trinajstić information content (AvgIpc) is 2.43. The Labute approximate surface area is 122 Å². The number of rotatable bonds is 5. The van der Waals surface area contributed by atoms with Gasteiger partial charge in [-0.05, 0) is 24.6 Å². The number of aryl methyl sites for hydroxylation is 1. The molecule has 0 aliphatic heterocycles. The fourth-order valence-electron chi connectivity index (χ4n) is 1.79. The van der Waals surface area contributed by atoms with Crippen molar-refractivity contribution >= 4 is 28.7 Å². The van der Waals surface area contributed by atoms with Gasteiger partial charge in [0.2, 0.25) is 0 Å².